The van der Waals surface area contributed by atoms with E-state index in [0.29, 0.717) is 6.61 Å². The average Bonchev–Trinajstić information content (AvgIpc) is 3.63. The molecule has 0 bridgehead atoms. The Morgan fingerprint density at radius 1 is 0.784 bits per heavy atom. The minimum Gasteiger partial charge on any atom is -0.492 e. The summed E-state index contributed by atoms with van der Waals surface area (Å²) < 4.78 is 27.9. The van der Waals surface area contributed by atoms with Gasteiger partial charge >= 0.3 is 0 Å². The summed E-state index contributed by atoms with van der Waals surface area (Å²) in [4.78, 5) is 2.47. The number of hydrogen-bond donors (Lipinski definition) is 0. The fourth-order valence-corrected chi connectivity index (χ4v) is 4.99. The summed E-state index contributed by atoms with van der Waals surface area (Å²) in [6.45, 7) is 6.73. The Morgan fingerprint density at radius 3 is 2.05 bits per heavy atom. The molecule has 3 aromatic rings. The fourth-order valence-electron chi connectivity index (χ4n) is 4.99. The lowest BCUT2D eigenvalue weighted by Gasteiger charge is -2.18. The molecule has 2 aliphatic heterocycles. The van der Waals surface area contributed by atoms with Gasteiger partial charge in [0, 0.05) is 13.7 Å². The SMILES string of the molecule is CC/C(=C(/c1ccc(OCCN2CCCC2)cc1)c1ccc(OCOC)cc1)c1ccc2c(c1)OCO2. The lowest BCUT2D eigenvalue weighted by molar-refractivity contribution is 0.0511. The van der Waals surface area contributed by atoms with Gasteiger partial charge in [0.05, 0.1) is 0 Å². The molecule has 194 valence electrons. The van der Waals surface area contributed by atoms with Crippen molar-refractivity contribution in [3.05, 3.63) is 83.4 Å². The topological polar surface area (TPSA) is 49.4 Å². The van der Waals surface area contributed by atoms with E-state index < -0.39 is 0 Å². The third-order valence-corrected chi connectivity index (χ3v) is 6.88. The molecule has 2 heterocycles. The molecule has 0 radical (unpaired) electrons. The summed E-state index contributed by atoms with van der Waals surface area (Å²) in [6, 6.07) is 22.8. The normalized spacial score (nSPS) is 15.5. The van der Waals surface area contributed by atoms with Gasteiger partial charge < -0.3 is 23.7 Å². The van der Waals surface area contributed by atoms with Crippen molar-refractivity contribution in [3.8, 4) is 23.0 Å². The third kappa shape index (κ3) is 6.09. The van der Waals surface area contributed by atoms with Gasteiger partial charge in [0.25, 0.3) is 0 Å². The van der Waals surface area contributed by atoms with Crippen molar-refractivity contribution in [1.29, 1.82) is 0 Å². The predicted molar refractivity (Wildman–Crippen MR) is 145 cm³/mol. The van der Waals surface area contributed by atoms with Gasteiger partial charge in [-0.2, -0.15) is 0 Å². The van der Waals surface area contributed by atoms with Crippen LogP contribution in [0.3, 0.4) is 0 Å². The zero-order chi connectivity index (χ0) is 25.5. The Bertz CT molecular complexity index is 1200. The van der Waals surface area contributed by atoms with E-state index in [1.807, 2.05) is 18.2 Å². The molecule has 37 heavy (non-hydrogen) atoms. The highest BCUT2D eigenvalue weighted by molar-refractivity contribution is 5.99. The van der Waals surface area contributed by atoms with E-state index in [-0.39, 0.29) is 13.6 Å². The fraction of sp³-hybridized carbons (Fsp3) is 0.355. The molecule has 6 nitrogen and oxygen atoms in total. The van der Waals surface area contributed by atoms with E-state index in [1.165, 1.54) is 37.1 Å². The Kier molecular flexibility index (Phi) is 8.28. The molecule has 5 rings (SSSR count). The molecule has 0 aliphatic carbocycles. The summed E-state index contributed by atoms with van der Waals surface area (Å²) in [7, 11) is 1.62. The summed E-state index contributed by atoms with van der Waals surface area (Å²) in [5.41, 5.74) is 5.76. The van der Waals surface area contributed by atoms with E-state index in [4.69, 9.17) is 23.7 Å². The molecule has 0 N–H and O–H groups in total. The number of hydrogen-bond acceptors (Lipinski definition) is 6. The van der Waals surface area contributed by atoms with Crippen molar-refractivity contribution in [2.45, 2.75) is 26.2 Å². The Balaban J connectivity index is 1.45. The number of methoxy groups -OCH3 is 1. The maximum atomic E-state index is 6.07. The molecule has 0 amide bonds. The molecule has 3 aromatic carbocycles. The maximum absolute atomic E-state index is 6.07. The molecule has 0 spiro atoms. The highest BCUT2D eigenvalue weighted by Crippen LogP contribution is 2.40. The number of allylic oxidation sites excluding steroid dienone is 1. The lowest BCUT2D eigenvalue weighted by atomic mass is 9.88. The second kappa shape index (κ2) is 12.2. The minimum absolute atomic E-state index is 0.221. The van der Waals surface area contributed by atoms with Crippen molar-refractivity contribution in [2.75, 3.05) is 46.9 Å². The molecular weight excluding hydrogens is 466 g/mol. The number of rotatable bonds is 11. The van der Waals surface area contributed by atoms with Crippen molar-refractivity contribution in [3.63, 3.8) is 0 Å². The van der Waals surface area contributed by atoms with Crippen LogP contribution < -0.4 is 18.9 Å². The molecule has 1 fully saturated rings. The molecule has 0 atom stereocenters. The van der Waals surface area contributed by atoms with Crippen molar-refractivity contribution in [2.24, 2.45) is 0 Å². The first-order valence-electron chi connectivity index (χ1n) is 13.1. The molecule has 0 unspecified atom stereocenters. The second-order valence-corrected chi connectivity index (χ2v) is 9.27. The average molecular weight is 502 g/mol. The first-order valence-corrected chi connectivity index (χ1v) is 13.1. The van der Waals surface area contributed by atoms with E-state index in [1.54, 1.807) is 7.11 Å². The Hall–Kier alpha value is -3.48. The van der Waals surface area contributed by atoms with Gasteiger partial charge in [0.1, 0.15) is 18.1 Å². The summed E-state index contributed by atoms with van der Waals surface area (Å²) in [5, 5.41) is 0. The third-order valence-electron chi connectivity index (χ3n) is 6.88. The smallest absolute Gasteiger partial charge is 0.231 e. The van der Waals surface area contributed by atoms with E-state index >= 15 is 0 Å². The van der Waals surface area contributed by atoms with E-state index in [2.05, 4.69) is 60.4 Å². The lowest BCUT2D eigenvalue weighted by Crippen LogP contribution is -2.25. The first kappa shape index (κ1) is 25.2. The van der Waals surface area contributed by atoms with Crippen LogP contribution in [0.5, 0.6) is 23.0 Å². The quantitative estimate of drug-likeness (QED) is 0.229. The first-order chi connectivity index (χ1) is 18.2. The highest BCUT2D eigenvalue weighted by Gasteiger charge is 2.18. The Morgan fingerprint density at radius 2 is 1.41 bits per heavy atom. The van der Waals surface area contributed by atoms with Crippen LogP contribution in [0.15, 0.2) is 66.7 Å². The van der Waals surface area contributed by atoms with Gasteiger partial charge in [-0.05, 0) is 96.6 Å². The van der Waals surface area contributed by atoms with Crippen molar-refractivity contribution < 1.29 is 23.7 Å². The van der Waals surface area contributed by atoms with E-state index in [9.17, 15) is 0 Å². The molecule has 1 saturated heterocycles. The van der Waals surface area contributed by atoms with Crippen LogP contribution in [-0.2, 0) is 4.74 Å². The number of likely N-dealkylation sites (tertiary alicyclic amines) is 1. The van der Waals surface area contributed by atoms with Crippen molar-refractivity contribution in [1.82, 2.24) is 4.90 Å². The van der Waals surface area contributed by atoms with Crippen LogP contribution >= 0.6 is 0 Å². The van der Waals surface area contributed by atoms with Gasteiger partial charge in [0.15, 0.2) is 18.3 Å². The maximum Gasteiger partial charge on any atom is 0.231 e. The van der Waals surface area contributed by atoms with Gasteiger partial charge in [-0.15, -0.1) is 0 Å². The van der Waals surface area contributed by atoms with Crippen LogP contribution in [0, 0.1) is 0 Å². The zero-order valence-electron chi connectivity index (χ0n) is 21.7. The van der Waals surface area contributed by atoms with Gasteiger partial charge in [-0.3, -0.25) is 4.90 Å². The summed E-state index contributed by atoms with van der Waals surface area (Å²) in [5.74, 6) is 3.24. The van der Waals surface area contributed by atoms with Gasteiger partial charge in [-0.1, -0.05) is 37.3 Å². The van der Waals surface area contributed by atoms with Crippen LogP contribution in [0.1, 0.15) is 42.9 Å². The summed E-state index contributed by atoms with van der Waals surface area (Å²) in [6.07, 6.45) is 3.45. The predicted octanol–water partition coefficient (Wildman–Crippen LogP) is 6.24. The van der Waals surface area contributed by atoms with Crippen LogP contribution in [0.4, 0.5) is 0 Å². The van der Waals surface area contributed by atoms with Crippen LogP contribution in [-0.4, -0.2) is 51.8 Å². The minimum atomic E-state index is 0.221. The van der Waals surface area contributed by atoms with Crippen LogP contribution in [0.25, 0.3) is 11.1 Å². The number of ether oxygens (including phenoxy) is 5. The number of nitrogens with zero attached hydrogens (tertiary/aromatic N) is 1. The van der Waals surface area contributed by atoms with Gasteiger partial charge in [0.2, 0.25) is 6.79 Å². The van der Waals surface area contributed by atoms with E-state index in [0.717, 1.165) is 52.7 Å². The zero-order valence-corrected chi connectivity index (χ0v) is 21.7. The summed E-state index contributed by atoms with van der Waals surface area (Å²) >= 11 is 0. The van der Waals surface area contributed by atoms with Crippen molar-refractivity contribution >= 4 is 11.1 Å². The molecular formula is C31H35NO5. The monoisotopic (exact) mass is 501 g/mol. The number of benzene rings is 3. The highest BCUT2D eigenvalue weighted by atomic mass is 16.7. The largest absolute Gasteiger partial charge is 0.492 e. The number of fused-ring (bicyclic) bond motifs is 1. The van der Waals surface area contributed by atoms with Crippen LogP contribution in [0.2, 0.25) is 0 Å². The second-order valence-electron chi connectivity index (χ2n) is 9.27. The van der Waals surface area contributed by atoms with Gasteiger partial charge in [-0.25, -0.2) is 0 Å². The molecule has 6 heteroatoms. The molecule has 0 saturated carbocycles. The standard InChI is InChI=1S/C31H35NO5/c1-3-28(25-10-15-29-30(20-25)37-22-36-29)31(24-8-13-27(14-9-24)35-21-33-2)23-6-11-26(12-7-23)34-19-18-32-16-4-5-17-32/h6-15,20H,3-5,16-19,21-22H2,1-2H3/b31-28+. The Labute approximate surface area is 219 Å². The molecule has 0 aromatic heterocycles. The molecule has 2 aliphatic rings.